The van der Waals surface area contributed by atoms with Crippen LogP contribution in [0.1, 0.15) is 49.9 Å². The normalized spacial score (nSPS) is 17.6. The van der Waals surface area contributed by atoms with Gasteiger partial charge in [-0.2, -0.15) is 0 Å². The van der Waals surface area contributed by atoms with E-state index in [-0.39, 0.29) is 11.3 Å². The summed E-state index contributed by atoms with van der Waals surface area (Å²) < 4.78 is 5.68. The summed E-state index contributed by atoms with van der Waals surface area (Å²) in [6.45, 7) is 11.3. The molecule has 1 aliphatic rings. The lowest BCUT2D eigenvalue weighted by atomic mass is 9.94. The molecule has 0 bridgehead atoms. The SMILES string of the molecule is CCCOc1ccc(C(O)=C2C(=O)C(=O)N(CCN(CC)CC)C2c2ccc(Cl)cc2)c(C)c1. The predicted octanol–water partition coefficient (Wildman–Crippen LogP) is 5.20. The topological polar surface area (TPSA) is 70.1 Å². The van der Waals surface area contributed by atoms with Crippen molar-refractivity contribution >= 4 is 29.1 Å². The molecule has 1 aliphatic heterocycles. The predicted molar refractivity (Wildman–Crippen MR) is 135 cm³/mol. The Morgan fingerprint density at radius 1 is 1.09 bits per heavy atom. The third kappa shape index (κ3) is 5.45. The van der Waals surface area contributed by atoms with Gasteiger partial charge in [-0.25, -0.2) is 0 Å². The number of amides is 1. The van der Waals surface area contributed by atoms with Crippen molar-refractivity contribution < 1.29 is 19.4 Å². The van der Waals surface area contributed by atoms with Gasteiger partial charge in [0.2, 0.25) is 0 Å². The van der Waals surface area contributed by atoms with E-state index in [1.54, 1.807) is 41.3 Å². The number of hydrogen-bond donors (Lipinski definition) is 1. The largest absolute Gasteiger partial charge is 0.507 e. The van der Waals surface area contributed by atoms with E-state index in [1.807, 2.05) is 19.9 Å². The molecule has 7 heteroatoms. The Hall–Kier alpha value is -2.83. The Morgan fingerprint density at radius 3 is 2.35 bits per heavy atom. The van der Waals surface area contributed by atoms with Crippen LogP contribution in [0.2, 0.25) is 5.02 Å². The van der Waals surface area contributed by atoms with Gasteiger partial charge in [0.05, 0.1) is 18.2 Å². The number of hydrogen-bond acceptors (Lipinski definition) is 5. The van der Waals surface area contributed by atoms with Crippen LogP contribution in [0.5, 0.6) is 5.75 Å². The van der Waals surface area contributed by atoms with Crippen molar-refractivity contribution in [3.05, 3.63) is 69.8 Å². The zero-order valence-corrected chi connectivity index (χ0v) is 21.1. The van der Waals surface area contributed by atoms with Gasteiger partial charge >= 0.3 is 0 Å². The first-order chi connectivity index (χ1) is 16.3. The summed E-state index contributed by atoms with van der Waals surface area (Å²) in [5.41, 5.74) is 2.09. The minimum absolute atomic E-state index is 0.0946. The molecule has 3 rings (SSSR count). The van der Waals surface area contributed by atoms with Crippen LogP contribution in [0.3, 0.4) is 0 Å². The van der Waals surface area contributed by atoms with Crippen LogP contribution in [-0.4, -0.2) is 59.4 Å². The van der Waals surface area contributed by atoms with Crippen molar-refractivity contribution in [2.75, 3.05) is 32.8 Å². The van der Waals surface area contributed by atoms with E-state index in [1.165, 1.54) is 0 Å². The molecule has 1 N–H and O–H groups in total. The fraction of sp³-hybridized carbons (Fsp3) is 0.407. The molecule has 0 aliphatic carbocycles. The van der Waals surface area contributed by atoms with Gasteiger partial charge in [-0.15, -0.1) is 0 Å². The zero-order chi connectivity index (χ0) is 24.8. The van der Waals surface area contributed by atoms with Crippen LogP contribution in [0, 0.1) is 6.92 Å². The summed E-state index contributed by atoms with van der Waals surface area (Å²) in [7, 11) is 0. The molecule has 1 atom stereocenters. The first-order valence-electron chi connectivity index (χ1n) is 11.8. The molecule has 1 unspecified atom stereocenters. The van der Waals surface area contributed by atoms with Gasteiger partial charge in [-0.3, -0.25) is 9.59 Å². The monoisotopic (exact) mass is 484 g/mol. The molecule has 0 spiro atoms. The van der Waals surface area contributed by atoms with Gasteiger partial charge in [0, 0.05) is 23.7 Å². The number of nitrogens with zero attached hydrogens (tertiary/aromatic N) is 2. The number of halogens is 1. The van der Waals surface area contributed by atoms with Crippen molar-refractivity contribution in [1.82, 2.24) is 9.80 Å². The molecule has 2 aromatic carbocycles. The maximum Gasteiger partial charge on any atom is 0.295 e. The van der Waals surface area contributed by atoms with E-state index in [9.17, 15) is 14.7 Å². The number of likely N-dealkylation sites (N-methyl/N-ethyl adjacent to an activating group) is 1. The number of ether oxygens (including phenoxy) is 1. The van der Waals surface area contributed by atoms with Crippen molar-refractivity contribution in [2.45, 2.75) is 40.2 Å². The molecule has 34 heavy (non-hydrogen) atoms. The summed E-state index contributed by atoms with van der Waals surface area (Å²) >= 11 is 6.09. The molecule has 0 radical (unpaired) electrons. The smallest absolute Gasteiger partial charge is 0.295 e. The summed E-state index contributed by atoms with van der Waals surface area (Å²) in [6, 6.07) is 11.7. The number of carbonyl (C=O) groups excluding carboxylic acids is 2. The van der Waals surface area contributed by atoms with Crippen LogP contribution in [0.4, 0.5) is 0 Å². The average Bonchev–Trinajstić information content (AvgIpc) is 3.08. The highest BCUT2D eigenvalue weighted by Crippen LogP contribution is 2.40. The fourth-order valence-corrected chi connectivity index (χ4v) is 4.37. The maximum absolute atomic E-state index is 13.2. The van der Waals surface area contributed by atoms with E-state index in [0.717, 1.165) is 30.6 Å². The molecule has 1 fully saturated rings. The Labute approximate surface area is 206 Å². The van der Waals surface area contributed by atoms with E-state index in [4.69, 9.17) is 16.3 Å². The van der Waals surface area contributed by atoms with Crippen LogP contribution in [-0.2, 0) is 9.59 Å². The third-order valence-corrected chi connectivity index (χ3v) is 6.46. The summed E-state index contributed by atoms with van der Waals surface area (Å²) in [4.78, 5) is 30.1. The Balaban J connectivity index is 2.07. The van der Waals surface area contributed by atoms with Crippen LogP contribution in [0.25, 0.3) is 5.76 Å². The van der Waals surface area contributed by atoms with Gasteiger partial charge in [0.1, 0.15) is 11.5 Å². The lowest BCUT2D eigenvalue weighted by molar-refractivity contribution is -0.140. The van der Waals surface area contributed by atoms with Gasteiger partial charge in [0.25, 0.3) is 11.7 Å². The van der Waals surface area contributed by atoms with E-state index in [2.05, 4.69) is 18.7 Å². The number of benzene rings is 2. The highest BCUT2D eigenvalue weighted by molar-refractivity contribution is 6.46. The van der Waals surface area contributed by atoms with Gasteiger partial charge in [-0.05, 0) is 67.9 Å². The average molecular weight is 485 g/mol. The standard InChI is InChI=1S/C27H33ClN2O4/c1-5-16-34-21-12-13-22(18(4)17-21)25(31)23-24(19-8-10-20(28)11-9-19)30(27(33)26(23)32)15-14-29(6-2)7-3/h8-13,17,24,31H,5-7,14-16H2,1-4H3. The molecule has 1 amide bonds. The fourth-order valence-electron chi connectivity index (χ4n) is 4.25. The third-order valence-electron chi connectivity index (χ3n) is 6.20. The number of aliphatic hydroxyl groups is 1. The zero-order valence-electron chi connectivity index (χ0n) is 20.3. The number of aliphatic hydroxyl groups excluding tert-OH is 1. The Morgan fingerprint density at radius 2 is 1.76 bits per heavy atom. The molecule has 1 saturated heterocycles. The molecule has 1 heterocycles. The molecule has 6 nitrogen and oxygen atoms in total. The van der Waals surface area contributed by atoms with E-state index < -0.39 is 17.7 Å². The molecule has 2 aromatic rings. The maximum atomic E-state index is 13.2. The van der Waals surface area contributed by atoms with Crippen molar-refractivity contribution in [1.29, 1.82) is 0 Å². The quantitative estimate of drug-likeness (QED) is 0.285. The number of likely N-dealkylation sites (tertiary alicyclic amines) is 1. The minimum atomic E-state index is -0.691. The molecule has 0 aromatic heterocycles. The molecule has 0 saturated carbocycles. The van der Waals surface area contributed by atoms with Crippen molar-refractivity contribution in [3.8, 4) is 5.75 Å². The lowest BCUT2D eigenvalue weighted by Gasteiger charge is -2.28. The first kappa shape index (κ1) is 25.8. The highest BCUT2D eigenvalue weighted by atomic mass is 35.5. The molecule has 182 valence electrons. The van der Waals surface area contributed by atoms with Crippen LogP contribution >= 0.6 is 11.6 Å². The number of ketones is 1. The first-order valence-corrected chi connectivity index (χ1v) is 12.2. The lowest BCUT2D eigenvalue weighted by Crippen LogP contribution is -2.38. The summed E-state index contributed by atoms with van der Waals surface area (Å²) in [5.74, 6) is -0.759. The summed E-state index contributed by atoms with van der Waals surface area (Å²) in [6.07, 6.45) is 0.888. The van der Waals surface area contributed by atoms with Crippen LogP contribution < -0.4 is 4.74 Å². The molecular weight excluding hydrogens is 452 g/mol. The van der Waals surface area contributed by atoms with Gasteiger partial charge < -0.3 is 19.6 Å². The van der Waals surface area contributed by atoms with Crippen LogP contribution in [0.15, 0.2) is 48.0 Å². The van der Waals surface area contributed by atoms with Gasteiger partial charge in [0.15, 0.2) is 0 Å². The number of Topliss-reactive ketones (excluding diaryl/α,β-unsaturated/α-hetero) is 1. The van der Waals surface area contributed by atoms with Crippen molar-refractivity contribution in [2.24, 2.45) is 0 Å². The van der Waals surface area contributed by atoms with E-state index in [0.29, 0.717) is 36.0 Å². The number of carbonyl (C=O) groups is 2. The molecular formula is C27H33ClN2O4. The van der Waals surface area contributed by atoms with E-state index >= 15 is 0 Å². The second kappa shape index (κ2) is 11.5. The Kier molecular flexibility index (Phi) is 8.75. The minimum Gasteiger partial charge on any atom is -0.507 e. The second-order valence-corrected chi connectivity index (χ2v) is 8.83. The number of rotatable bonds is 10. The van der Waals surface area contributed by atoms with Gasteiger partial charge in [-0.1, -0.05) is 44.5 Å². The number of aryl methyl sites for hydroxylation is 1. The van der Waals surface area contributed by atoms with Crippen molar-refractivity contribution in [3.63, 3.8) is 0 Å². The summed E-state index contributed by atoms with van der Waals surface area (Å²) in [5, 5.41) is 11.9. The second-order valence-electron chi connectivity index (χ2n) is 8.40. The highest BCUT2D eigenvalue weighted by Gasteiger charge is 2.46. The Bertz CT molecular complexity index is 1060.